The van der Waals surface area contributed by atoms with Gasteiger partial charge < -0.3 is 25.8 Å². The zero-order valence-corrected chi connectivity index (χ0v) is 16.7. The summed E-state index contributed by atoms with van der Waals surface area (Å²) in [5.74, 6) is -0.969. The molecular weight excluding hydrogens is 398 g/mol. The second-order valence-electron chi connectivity index (χ2n) is 6.16. The molecule has 0 bridgehead atoms. The van der Waals surface area contributed by atoms with Crippen LogP contribution in [0.2, 0.25) is 5.02 Å². The Morgan fingerprint density at radius 3 is 2.45 bits per heavy atom. The molecule has 0 saturated heterocycles. The van der Waals surface area contributed by atoms with Crippen LogP contribution in [-0.2, 0) is 20.7 Å². The number of ether oxygens (including phenoxy) is 2. The standard InChI is InChI=1S/C20H22ClN3O5/c1-12(18(25)23-15-11-14(21)8-9-17(15)28-2)29-19(26)16(24-20(22)27)10-13-6-4-3-5-7-13/h3-9,11-12,16H,10H2,1-2H3,(H,23,25)(H3,22,24,27)/t12-,16-/m0/s1. The number of anilines is 1. The van der Waals surface area contributed by atoms with Gasteiger partial charge in [-0.25, -0.2) is 9.59 Å². The molecule has 0 fully saturated rings. The number of halogens is 1. The minimum Gasteiger partial charge on any atom is -0.495 e. The number of urea groups is 1. The number of carbonyl (C=O) groups excluding carboxylic acids is 3. The van der Waals surface area contributed by atoms with Crippen LogP contribution in [-0.4, -0.2) is 37.2 Å². The fourth-order valence-electron chi connectivity index (χ4n) is 2.54. The van der Waals surface area contributed by atoms with E-state index >= 15 is 0 Å². The zero-order chi connectivity index (χ0) is 21.4. The number of rotatable bonds is 8. The van der Waals surface area contributed by atoms with E-state index in [1.165, 1.54) is 20.1 Å². The first kappa shape index (κ1) is 22.0. The molecule has 2 aromatic rings. The minimum absolute atomic E-state index is 0.166. The summed E-state index contributed by atoms with van der Waals surface area (Å²) in [6.07, 6.45) is -0.974. The third kappa shape index (κ3) is 6.69. The number of nitrogens with two attached hydrogens (primary N) is 1. The highest BCUT2D eigenvalue weighted by atomic mass is 35.5. The van der Waals surface area contributed by atoms with Crippen LogP contribution >= 0.6 is 11.6 Å². The van der Waals surface area contributed by atoms with E-state index in [-0.39, 0.29) is 6.42 Å². The fraction of sp³-hybridized carbons (Fsp3) is 0.250. The highest BCUT2D eigenvalue weighted by Crippen LogP contribution is 2.27. The molecule has 8 nitrogen and oxygen atoms in total. The Hall–Kier alpha value is -3.26. The third-order valence-corrected chi connectivity index (χ3v) is 4.20. The summed E-state index contributed by atoms with van der Waals surface area (Å²) in [4.78, 5) is 36.2. The number of esters is 1. The van der Waals surface area contributed by atoms with E-state index in [4.69, 9.17) is 26.8 Å². The minimum atomic E-state index is -1.14. The lowest BCUT2D eigenvalue weighted by atomic mass is 10.1. The van der Waals surface area contributed by atoms with Gasteiger partial charge in [0.25, 0.3) is 5.91 Å². The second kappa shape index (κ2) is 10.3. The molecule has 0 aromatic heterocycles. The van der Waals surface area contributed by atoms with Gasteiger partial charge in [-0.15, -0.1) is 0 Å². The quantitative estimate of drug-likeness (QED) is 0.568. The summed E-state index contributed by atoms with van der Waals surface area (Å²) in [7, 11) is 1.45. The Morgan fingerprint density at radius 2 is 1.83 bits per heavy atom. The third-order valence-electron chi connectivity index (χ3n) is 3.97. The second-order valence-corrected chi connectivity index (χ2v) is 6.60. The molecule has 9 heteroatoms. The van der Waals surface area contributed by atoms with Crippen LogP contribution in [0.25, 0.3) is 0 Å². The average Bonchev–Trinajstić information content (AvgIpc) is 2.68. The van der Waals surface area contributed by atoms with Crippen molar-refractivity contribution in [1.82, 2.24) is 5.32 Å². The normalized spacial score (nSPS) is 12.4. The zero-order valence-electron chi connectivity index (χ0n) is 16.0. The molecule has 154 valence electrons. The van der Waals surface area contributed by atoms with Crippen molar-refractivity contribution in [3.63, 3.8) is 0 Å². The number of methoxy groups -OCH3 is 1. The monoisotopic (exact) mass is 419 g/mol. The summed E-state index contributed by atoms with van der Waals surface area (Å²) in [6, 6.07) is 11.8. The molecule has 4 N–H and O–H groups in total. The van der Waals surface area contributed by atoms with Crippen molar-refractivity contribution >= 4 is 35.2 Å². The maximum Gasteiger partial charge on any atom is 0.329 e. The van der Waals surface area contributed by atoms with Crippen LogP contribution in [0.3, 0.4) is 0 Å². The van der Waals surface area contributed by atoms with E-state index in [0.29, 0.717) is 16.5 Å². The Balaban J connectivity index is 2.05. The van der Waals surface area contributed by atoms with Gasteiger partial charge in [-0.1, -0.05) is 41.9 Å². The largest absolute Gasteiger partial charge is 0.495 e. The summed E-state index contributed by atoms with van der Waals surface area (Å²) >= 11 is 5.94. The van der Waals surface area contributed by atoms with Gasteiger partial charge in [-0.2, -0.15) is 0 Å². The highest BCUT2D eigenvalue weighted by Gasteiger charge is 2.26. The Labute approximate surface area is 173 Å². The van der Waals surface area contributed by atoms with E-state index in [9.17, 15) is 14.4 Å². The summed E-state index contributed by atoms with van der Waals surface area (Å²) in [6.45, 7) is 1.41. The predicted octanol–water partition coefficient (Wildman–Crippen LogP) is 2.50. The molecule has 0 radical (unpaired) electrons. The van der Waals surface area contributed by atoms with Gasteiger partial charge in [0.2, 0.25) is 0 Å². The topological polar surface area (TPSA) is 120 Å². The molecule has 0 saturated carbocycles. The van der Waals surface area contributed by atoms with Crippen molar-refractivity contribution < 1.29 is 23.9 Å². The maximum absolute atomic E-state index is 12.5. The van der Waals surface area contributed by atoms with E-state index in [1.807, 2.05) is 6.07 Å². The number of benzene rings is 2. The predicted molar refractivity (Wildman–Crippen MR) is 109 cm³/mol. The number of hydrogen-bond donors (Lipinski definition) is 3. The number of carbonyl (C=O) groups is 3. The summed E-state index contributed by atoms with van der Waals surface area (Å²) < 4.78 is 10.4. The molecule has 0 aliphatic heterocycles. The van der Waals surface area contributed by atoms with Gasteiger partial charge in [0.1, 0.15) is 11.8 Å². The lowest BCUT2D eigenvalue weighted by Crippen LogP contribution is -2.47. The summed E-state index contributed by atoms with van der Waals surface area (Å²) in [5, 5.41) is 5.34. The van der Waals surface area contributed by atoms with E-state index in [1.54, 1.807) is 36.4 Å². The molecule has 0 spiro atoms. The fourth-order valence-corrected chi connectivity index (χ4v) is 2.71. The number of hydrogen-bond acceptors (Lipinski definition) is 5. The van der Waals surface area contributed by atoms with Gasteiger partial charge >= 0.3 is 12.0 Å². The first-order valence-corrected chi connectivity index (χ1v) is 9.12. The first-order valence-electron chi connectivity index (χ1n) is 8.75. The van der Waals surface area contributed by atoms with Crippen LogP contribution < -0.4 is 21.1 Å². The van der Waals surface area contributed by atoms with Crippen LogP contribution in [0.15, 0.2) is 48.5 Å². The molecule has 3 amide bonds. The van der Waals surface area contributed by atoms with Crippen LogP contribution in [0.4, 0.5) is 10.5 Å². The smallest absolute Gasteiger partial charge is 0.329 e. The van der Waals surface area contributed by atoms with E-state index < -0.39 is 30.1 Å². The molecule has 0 aliphatic rings. The van der Waals surface area contributed by atoms with Gasteiger partial charge in [0.15, 0.2) is 6.10 Å². The Morgan fingerprint density at radius 1 is 1.14 bits per heavy atom. The van der Waals surface area contributed by atoms with Crippen molar-refractivity contribution in [2.45, 2.75) is 25.5 Å². The van der Waals surface area contributed by atoms with Gasteiger partial charge in [-0.05, 0) is 30.7 Å². The molecule has 2 rings (SSSR count). The average molecular weight is 420 g/mol. The van der Waals surface area contributed by atoms with Gasteiger partial charge in [-0.3, -0.25) is 4.79 Å². The van der Waals surface area contributed by atoms with Crippen LogP contribution in [0.5, 0.6) is 5.75 Å². The molecular formula is C20H22ClN3O5. The van der Waals surface area contributed by atoms with Gasteiger partial charge in [0.05, 0.1) is 12.8 Å². The lowest BCUT2D eigenvalue weighted by Gasteiger charge is -2.20. The number of primary amides is 1. The summed E-state index contributed by atoms with van der Waals surface area (Å²) in [5.41, 5.74) is 6.29. The van der Waals surface area contributed by atoms with Crippen molar-refractivity contribution in [2.24, 2.45) is 5.73 Å². The van der Waals surface area contributed by atoms with Crippen molar-refractivity contribution in [2.75, 3.05) is 12.4 Å². The molecule has 0 heterocycles. The Kier molecular flexibility index (Phi) is 7.85. The molecule has 0 unspecified atom stereocenters. The van der Waals surface area contributed by atoms with Crippen LogP contribution in [0, 0.1) is 0 Å². The molecule has 0 aliphatic carbocycles. The van der Waals surface area contributed by atoms with E-state index in [2.05, 4.69) is 10.6 Å². The molecule has 29 heavy (non-hydrogen) atoms. The molecule has 2 atom stereocenters. The number of amides is 3. The highest BCUT2D eigenvalue weighted by molar-refractivity contribution is 6.31. The van der Waals surface area contributed by atoms with Crippen molar-refractivity contribution in [3.8, 4) is 5.75 Å². The van der Waals surface area contributed by atoms with Crippen LogP contribution in [0.1, 0.15) is 12.5 Å². The van der Waals surface area contributed by atoms with Crippen molar-refractivity contribution in [3.05, 3.63) is 59.1 Å². The lowest BCUT2D eigenvalue weighted by molar-refractivity contribution is -0.155. The first-order chi connectivity index (χ1) is 13.8. The SMILES string of the molecule is COc1ccc(Cl)cc1NC(=O)[C@H](C)OC(=O)[C@H](Cc1ccccc1)NC(N)=O. The van der Waals surface area contributed by atoms with E-state index in [0.717, 1.165) is 5.56 Å². The maximum atomic E-state index is 12.5. The molecule has 2 aromatic carbocycles. The number of nitrogens with one attached hydrogen (secondary N) is 2. The Bertz CT molecular complexity index is 876. The van der Waals surface area contributed by atoms with Gasteiger partial charge in [0, 0.05) is 11.4 Å². The van der Waals surface area contributed by atoms with Crippen molar-refractivity contribution in [1.29, 1.82) is 0 Å².